The van der Waals surface area contributed by atoms with Gasteiger partial charge in [-0.2, -0.15) is 13.2 Å². The van der Waals surface area contributed by atoms with Gasteiger partial charge in [-0.15, -0.1) is 0 Å². The zero-order valence-electron chi connectivity index (χ0n) is 13.9. The lowest BCUT2D eigenvalue weighted by molar-refractivity contribution is -0.137. The van der Waals surface area contributed by atoms with E-state index >= 15 is 0 Å². The number of pyridine rings is 1. The van der Waals surface area contributed by atoms with E-state index in [0.29, 0.717) is 28.3 Å². The van der Waals surface area contributed by atoms with Gasteiger partial charge in [0.2, 0.25) is 0 Å². The van der Waals surface area contributed by atoms with Gasteiger partial charge in [0.05, 0.1) is 16.8 Å². The highest BCUT2D eigenvalue weighted by molar-refractivity contribution is 5.96. The van der Waals surface area contributed by atoms with Crippen LogP contribution in [0.2, 0.25) is 0 Å². The van der Waals surface area contributed by atoms with Crippen molar-refractivity contribution >= 4 is 28.1 Å². The molecule has 0 aliphatic rings. The molecule has 5 nitrogen and oxygen atoms in total. The van der Waals surface area contributed by atoms with Crippen molar-refractivity contribution in [2.45, 2.75) is 19.1 Å². The molecule has 0 bridgehead atoms. The van der Waals surface area contributed by atoms with Gasteiger partial charge in [-0.05, 0) is 37.3 Å². The van der Waals surface area contributed by atoms with Crippen LogP contribution in [0.4, 0.5) is 30.4 Å². The SMILES string of the molecule is CC(N)c1c(Nc2ccc(C(F)(F)F)cc2)nc2ccccc2c1NN. The summed E-state index contributed by atoms with van der Waals surface area (Å²) in [7, 11) is 0. The molecule has 0 saturated carbocycles. The molecule has 8 heteroatoms. The van der Waals surface area contributed by atoms with E-state index in [2.05, 4.69) is 15.7 Å². The predicted octanol–water partition coefficient (Wildman–Crippen LogP) is 4.30. The van der Waals surface area contributed by atoms with E-state index < -0.39 is 17.8 Å². The average molecular weight is 361 g/mol. The number of para-hydroxylation sites is 1. The Bertz CT molecular complexity index is 920. The number of fused-ring (bicyclic) bond motifs is 1. The first-order valence-electron chi connectivity index (χ1n) is 7.90. The second-order valence-corrected chi connectivity index (χ2v) is 5.90. The number of benzene rings is 2. The van der Waals surface area contributed by atoms with E-state index in [0.717, 1.165) is 17.5 Å². The lowest BCUT2D eigenvalue weighted by Crippen LogP contribution is -2.17. The van der Waals surface area contributed by atoms with Gasteiger partial charge in [-0.1, -0.05) is 18.2 Å². The molecule has 1 atom stereocenters. The van der Waals surface area contributed by atoms with E-state index in [-0.39, 0.29) is 0 Å². The largest absolute Gasteiger partial charge is 0.416 e. The third kappa shape index (κ3) is 3.42. The number of nitrogens with two attached hydrogens (primary N) is 2. The quantitative estimate of drug-likeness (QED) is 0.411. The Labute approximate surface area is 148 Å². The van der Waals surface area contributed by atoms with Crippen LogP contribution in [0.25, 0.3) is 10.9 Å². The maximum absolute atomic E-state index is 12.7. The standard InChI is InChI=1S/C18H18F3N5/c1-10(22)15-16(26-23)13-4-2-3-5-14(13)25-17(15)24-12-8-6-11(7-9-12)18(19,20)21/h2-10H,22-23H2,1H3,(H2,24,25,26). The van der Waals surface area contributed by atoms with Crippen LogP contribution in [0, 0.1) is 0 Å². The Balaban J connectivity index is 2.08. The van der Waals surface area contributed by atoms with Crippen LogP contribution < -0.4 is 22.3 Å². The highest BCUT2D eigenvalue weighted by Crippen LogP contribution is 2.36. The number of rotatable bonds is 4. The molecule has 0 spiro atoms. The van der Waals surface area contributed by atoms with Crippen LogP contribution in [0.15, 0.2) is 48.5 Å². The lowest BCUT2D eigenvalue weighted by Gasteiger charge is -2.20. The zero-order chi connectivity index (χ0) is 18.9. The Morgan fingerprint density at radius 1 is 1.04 bits per heavy atom. The summed E-state index contributed by atoms with van der Waals surface area (Å²) in [5.41, 5.74) is 10.5. The minimum atomic E-state index is -4.38. The molecule has 26 heavy (non-hydrogen) atoms. The van der Waals surface area contributed by atoms with Crippen molar-refractivity contribution in [3.63, 3.8) is 0 Å². The highest BCUT2D eigenvalue weighted by atomic mass is 19.4. The maximum Gasteiger partial charge on any atom is 0.416 e. The molecule has 2 aromatic carbocycles. The fourth-order valence-electron chi connectivity index (χ4n) is 2.80. The molecule has 1 aromatic heterocycles. The highest BCUT2D eigenvalue weighted by Gasteiger charge is 2.30. The molecule has 1 unspecified atom stereocenters. The fourth-order valence-corrected chi connectivity index (χ4v) is 2.80. The Morgan fingerprint density at radius 2 is 1.69 bits per heavy atom. The normalized spacial score (nSPS) is 12.8. The Kier molecular flexibility index (Phi) is 4.71. The lowest BCUT2D eigenvalue weighted by atomic mass is 10.0. The molecule has 0 aliphatic carbocycles. The summed E-state index contributed by atoms with van der Waals surface area (Å²) in [4.78, 5) is 4.56. The van der Waals surface area contributed by atoms with Crippen LogP contribution in [0.1, 0.15) is 24.1 Å². The predicted molar refractivity (Wildman–Crippen MR) is 96.9 cm³/mol. The number of anilines is 3. The van der Waals surface area contributed by atoms with Crippen molar-refractivity contribution in [1.29, 1.82) is 0 Å². The fraction of sp³-hybridized carbons (Fsp3) is 0.167. The van der Waals surface area contributed by atoms with Gasteiger partial charge in [0.15, 0.2) is 0 Å². The van der Waals surface area contributed by atoms with Crippen LogP contribution in [-0.2, 0) is 6.18 Å². The second kappa shape index (κ2) is 6.81. The maximum atomic E-state index is 12.7. The summed E-state index contributed by atoms with van der Waals surface area (Å²) < 4.78 is 38.2. The number of nitrogens with one attached hydrogen (secondary N) is 2. The number of hydrogen-bond acceptors (Lipinski definition) is 5. The minimum absolute atomic E-state index is 0.407. The van der Waals surface area contributed by atoms with Crippen LogP contribution in [0.5, 0.6) is 0 Å². The molecule has 3 rings (SSSR count). The first-order valence-corrected chi connectivity index (χ1v) is 7.90. The topological polar surface area (TPSA) is 89.0 Å². The van der Waals surface area contributed by atoms with Gasteiger partial charge in [0.1, 0.15) is 5.82 Å². The number of alkyl halides is 3. The Morgan fingerprint density at radius 3 is 2.27 bits per heavy atom. The molecule has 6 N–H and O–H groups in total. The van der Waals surface area contributed by atoms with E-state index in [1.807, 2.05) is 24.3 Å². The van der Waals surface area contributed by atoms with E-state index in [1.54, 1.807) is 6.92 Å². The molecule has 136 valence electrons. The number of nitrogens with zero attached hydrogens (tertiary/aromatic N) is 1. The number of hydrazine groups is 1. The van der Waals surface area contributed by atoms with Gasteiger partial charge in [-0.25, -0.2) is 4.98 Å². The van der Waals surface area contributed by atoms with Gasteiger partial charge >= 0.3 is 6.18 Å². The molecule has 0 amide bonds. The molecule has 0 aliphatic heterocycles. The first-order chi connectivity index (χ1) is 12.3. The van der Waals surface area contributed by atoms with Crippen molar-refractivity contribution in [3.05, 3.63) is 59.7 Å². The number of aromatic nitrogens is 1. The molecular formula is C18H18F3N5. The second-order valence-electron chi connectivity index (χ2n) is 5.90. The summed E-state index contributed by atoms with van der Waals surface area (Å²) >= 11 is 0. The van der Waals surface area contributed by atoms with Crippen molar-refractivity contribution in [2.24, 2.45) is 11.6 Å². The summed E-state index contributed by atoms with van der Waals surface area (Å²) in [6.45, 7) is 1.78. The summed E-state index contributed by atoms with van der Waals surface area (Å²) in [6, 6.07) is 11.7. The minimum Gasteiger partial charge on any atom is -0.340 e. The monoisotopic (exact) mass is 361 g/mol. The molecule has 0 saturated heterocycles. The molecular weight excluding hydrogens is 343 g/mol. The van der Waals surface area contributed by atoms with E-state index in [1.165, 1.54) is 12.1 Å². The molecule has 1 heterocycles. The van der Waals surface area contributed by atoms with Gasteiger partial charge in [0.25, 0.3) is 0 Å². The third-order valence-corrected chi connectivity index (χ3v) is 4.00. The van der Waals surface area contributed by atoms with Crippen molar-refractivity contribution in [3.8, 4) is 0 Å². The number of nitrogen functional groups attached to an aromatic ring is 1. The number of halogens is 3. The van der Waals surface area contributed by atoms with Crippen molar-refractivity contribution < 1.29 is 13.2 Å². The first kappa shape index (κ1) is 18.0. The smallest absolute Gasteiger partial charge is 0.340 e. The molecule has 0 radical (unpaired) electrons. The summed E-state index contributed by atoms with van der Waals surface area (Å²) in [6.07, 6.45) is -4.38. The summed E-state index contributed by atoms with van der Waals surface area (Å²) in [5.74, 6) is 6.13. The van der Waals surface area contributed by atoms with Crippen LogP contribution >= 0.6 is 0 Å². The van der Waals surface area contributed by atoms with Gasteiger partial charge in [-0.3, -0.25) is 5.84 Å². The zero-order valence-corrected chi connectivity index (χ0v) is 13.9. The van der Waals surface area contributed by atoms with Crippen LogP contribution in [0.3, 0.4) is 0 Å². The van der Waals surface area contributed by atoms with Crippen molar-refractivity contribution in [2.75, 3.05) is 10.7 Å². The summed E-state index contributed by atoms with van der Waals surface area (Å²) in [5, 5.41) is 3.85. The van der Waals surface area contributed by atoms with E-state index in [4.69, 9.17) is 11.6 Å². The third-order valence-electron chi connectivity index (χ3n) is 4.00. The molecule has 3 aromatic rings. The Hall–Kier alpha value is -2.84. The van der Waals surface area contributed by atoms with Crippen LogP contribution in [-0.4, -0.2) is 4.98 Å². The van der Waals surface area contributed by atoms with Gasteiger partial charge in [0, 0.05) is 22.7 Å². The van der Waals surface area contributed by atoms with Gasteiger partial charge < -0.3 is 16.5 Å². The van der Waals surface area contributed by atoms with E-state index in [9.17, 15) is 13.2 Å². The van der Waals surface area contributed by atoms with Crippen molar-refractivity contribution in [1.82, 2.24) is 4.98 Å². The molecule has 0 fully saturated rings. The number of hydrogen-bond donors (Lipinski definition) is 4. The average Bonchev–Trinajstić information content (AvgIpc) is 2.60.